The molecule has 0 unspecified atom stereocenters. The number of ether oxygens (including phenoxy) is 1. The van der Waals surface area contributed by atoms with Crippen molar-refractivity contribution in [1.29, 1.82) is 0 Å². The summed E-state index contributed by atoms with van der Waals surface area (Å²) in [5.74, 6) is -1.18. The van der Waals surface area contributed by atoms with Crippen LogP contribution in [0.25, 0.3) is 0 Å². The van der Waals surface area contributed by atoms with Crippen molar-refractivity contribution < 1.29 is 23.1 Å². The van der Waals surface area contributed by atoms with Crippen molar-refractivity contribution in [3.63, 3.8) is 0 Å². The Morgan fingerprint density at radius 2 is 1.68 bits per heavy atom. The molecule has 2 aromatic rings. The number of rotatable bonds is 6. The second kappa shape index (κ2) is 8.62. The number of hydrogen-bond acceptors (Lipinski definition) is 3. The van der Waals surface area contributed by atoms with Crippen LogP contribution < -0.4 is 20.7 Å². The van der Waals surface area contributed by atoms with Crippen molar-refractivity contribution in [2.24, 2.45) is 0 Å². The lowest BCUT2D eigenvalue weighted by atomic mass is 10.2. The molecular weight excluding hydrogens is 332 g/mol. The van der Waals surface area contributed by atoms with Crippen LogP contribution in [0.5, 0.6) is 5.75 Å². The topological polar surface area (TPSA) is 79.5 Å². The number of halogens is 2. The van der Waals surface area contributed by atoms with Gasteiger partial charge in [0.1, 0.15) is 17.4 Å². The van der Waals surface area contributed by atoms with Gasteiger partial charge in [0, 0.05) is 12.6 Å². The first-order valence-electron chi connectivity index (χ1n) is 7.37. The summed E-state index contributed by atoms with van der Waals surface area (Å²) in [6, 6.07) is 8.80. The number of carbonyl (C=O) groups is 2. The normalized spacial score (nSPS) is 10.0. The summed E-state index contributed by atoms with van der Waals surface area (Å²) in [5, 5.41) is 7.43. The Balaban J connectivity index is 1.77. The van der Waals surface area contributed by atoms with E-state index < -0.39 is 17.8 Å². The van der Waals surface area contributed by atoms with E-state index in [9.17, 15) is 18.4 Å². The molecule has 0 radical (unpaired) electrons. The fourth-order valence-electron chi connectivity index (χ4n) is 1.97. The molecule has 0 bridgehead atoms. The molecule has 0 heterocycles. The molecule has 8 heteroatoms. The lowest BCUT2D eigenvalue weighted by molar-refractivity contribution is -0.115. The number of anilines is 1. The second-order valence-corrected chi connectivity index (χ2v) is 5.06. The van der Waals surface area contributed by atoms with Crippen LogP contribution in [0.2, 0.25) is 0 Å². The van der Waals surface area contributed by atoms with Crippen molar-refractivity contribution >= 4 is 17.6 Å². The van der Waals surface area contributed by atoms with Crippen LogP contribution in [0.3, 0.4) is 0 Å². The Morgan fingerprint density at radius 1 is 1.00 bits per heavy atom. The maximum atomic E-state index is 13.1. The number of methoxy groups -OCH3 is 1. The molecule has 2 aromatic carbocycles. The SMILES string of the molecule is COc1cc(F)ccc1NC(=O)CNC(=O)NCc1ccc(F)cc1. The quantitative estimate of drug-likeness (QED) is 0.749. The Labute approximate surface area is 143 Å². The van der Waals surface area contributed by atoms with Gasteiger partial charge in [-0.15, -0.1) is 0 Å². The largest absolute Gasteiger partial charge is 0.494 e. The van der Waals surface area contributed by atoms with Gasteiger partial charge >= 0.3 is 6.03 Å². The molecule has 0 atom stereocenters. The Morgan fingerprint density at radius 3 is 2.36 bits per heavy atom. The number of amides is 3. The minimum atomic E-state index is -0.550. The third-order valence-corrected chi connectivity index (χ3v) is 3.21. The zero-order valence-corrected chi connectivity index (χ0v) is 13.4. The van der Waals surface area contributed by atoms with Crippen molar-refractivity contribution in [3.05, 3.63) is 59.7 Å². The monoisotopic (exact) mass is 349 g/mol. The fraction of sp³-hybridized carbons (Fsp3) is 0.176. The van der Waals surface area contributed by atoms with Crippen LogP contribution in [-0.4, -0.2) is 25.6 Å². The molecule has 25 heavy (non-hydrogen) atoms. The van der Waals surface area contributed by atoms with E-state index in [-0.39, 0.29) is 24.7 Å². The van der Waals surface area contributed by atoms with Gasteiger partial charge in [0.25, 0.3) is 0 Å². The summed E-state index contributed by atoms with van der Waals surface area (Å²) in [7, 11) is 1.35. The molecule has 3 amide bonds. The molecule has 0 aliphatic heterocycles. The van der Waals surface area contributed by atoms with Gasteiger partial charge in [-0.2, -0.15) is 0 Å². The highest BCUT2D eigenvalue weighted by Crippen LogP contribution is 2.24. The first-order valence-corrected chi connectivity index (χ1v) is 7.37. The predicted molar refractivity (Wildman–Crippen MR) is 88.2 cm³/mol. The number of benzene rings is 2. The molecular formula is C17H17F2N3O3. The van der Waals surface area contributed by atoms with Gasteiger partial charge in [-0.25, -0.2) is 13.6 Å². The molecule has 3 N–H and O–H groups in total. The van der Waals surface area contributed by atoms with E-state index in [4.69, 9.17) is 4.74 Å². The summed E-state index contributed by atoms with van der Waals surface area (Å²) < 4.78 is 30.8. The molecule has 0 fully saturated rings. The highest BCUT2D eigenvalue weighted by molar-refractivity contribution is 5.95. The highest BCUT2D eigenvalue weighted by Gasteiger charge is 2.10. The molecule has 132 valence electrons. The lowest BCUT2D eigenvalue weighted by Crippen LogP contribution is -2.39. The molecule has 0 aliphatic carbocycles. The second-order valence-electron chi connectivity index (χ2n) is 5.06. The van der Waals surface area contributed by atoms with Crippen LogP contribution in [0, 0.1) is 11.6 Å². The van der Waals surface area contributed by atoms with Gasteiger partial charge in [0.2, 0.25) is 5.91 Å². The van der Waals surface area contributed by atoms with Gasteiger partial charge in [-0.3, -0.25) is 4.79 Å². The predicted octanol–water partition coefficient (Wildman–Crippen LogP) is 2.41. The number of carbonyl (C=O) groups excluding carboxylic acids is 2. The molecule has 0 aliphatic rings. The van der Waals surface area contributed by atoms with Crippen LogP contribution in [0.15, 0.2) is 42.5 Å². The smallest absolute Gasteiger partial charge is 0.315 e. The van der Waals surface area contributed by atoms with Crippen LogP contribution >= 0.6 is 0 Å². The minimum Gasteiger partial charge on any atom is -0.494 e. The maximum absolute atomic E-state index is 13.1. The van der Waals surface area contributed by atoms with Crippen molar-refractivity contribution in [2.45, 2.75) is 6.54 Å². The minimum absolute atomic E-state index is 0.175. The Hall–Kier alpha value is -3.16. The molecule has 0 saturated carbocycles. The fourth-order valence-corrected chi connectivity index (χ4v) is 1.97. The van der Waals surface area contributed by atoms with Crippen molar-refractivity contribution in [2.75, 3.05) is 19.0 Å². The third kappa shape index (κ3) is 5.76. The third-order valence-electron chi connectivity index (χ3n) is 3.21. The number of hydrogen-bond donors (Lipinski definition) is 3. The first kappa shape index (κ1) is 18.2. The first-order chi connectivity index (χ1) is 12.0. The summed E-state index contributed by atoms with van der Waals surface area (Å²) in [6.07, 6.45) is 0. The van der Waals surface area contributed by atoms with Crippen molar-refractivity contribution in [3.8, 4) is 5.75 Å². The van der Waals surface area contributed by atoms with Gasteiger partial charge in [0.05, 0.1) is 19.3 Å². The summed E-state index contributed by atoms with van der Waals surface area (Å²) in [6.45, 7) is -0.0880. The molecule has 6 nitrogen and oxygen atoms in total. The van der Waals surface area contributed by atoms with E-state index in [0.717, 1.165) is 11.6 Å². The standard InChI is InChI=1S/C17H17F2N3O3/c1-25-15-8-13(19)6-7-14(15)22-16(23)10-21-17(24)20-9-11-2-4-12(18)5-3-11/h2-8H,9-10H2,1H3,(H,22,23)(H2,20,21,24). The molecule has 2 rings (SSSR count). The van der Waals surface area contributed by atoms with Gasteiger partial charge in [0.15, 0.2) is 0 Å². The van der Waals surface area contributed by atoms with E-state index in [1.165, 1.54) is 31.4 Å². The zero-order valence-electron chi connectivity index (χ0n) is 13.4. The summed E-state index contributed by atoms with van der Waals surface area (Å²) in [4.78, 5) is 23.5. The van der Waals surface area contributed by atoms with E-state index in [0.29, 0.717) is 5.69 Å². The van der Waals surface area contributed by atoms with E-state index in [1.54, 1.807) is 12.1 Å². The van der Waals surface area contributed by atoms with Gasteiger partial charge < -0.3 is 20.7 Å². The van der Waals surface area contributed by atoms with Crippen LogP contribution in [0.1, 0.15) is 5.56 Å². The van der Waals surface area contributed by atoms with Gasteiger partial charge in [-0.1, -0.05) is 12.1 Å². The average molecular weight is 349 g/mol. The average Bonchev–Trinajstić information content (AvgIpc) is 2.61. The maximum Gasteiger partial charge on any atom is 0.315 e. The number of urea groups is 1. The lowest BCUT2D eigenvalue weighted by Gasteiger charge is -2.11. The Kier molecular flexibility index (Phi) is 6.27. The highest BCUT2D eigenvalue weighted by atomic mass is 19.1. The van der Waals surface area contributed by atoms with Crippen molar-refractivity contribution in [1.82, 2.24) is 10.6 Å². The zero-order chi connectivity index (χ0) is 18.2. The van der Waals surface area contributed by atoms with E-state index in [2.05, 4.69) is 16.0 Å². The molecule has 0 spiro atoms. The van der Waals surface area contributed by atoms with Crippen LogP contribution in [0.4, 0.5) is 19.3 Å². The Bertz CT molecular complexity index is 751. The molecule has 0 saturated heterocycles. The summed E-state index contributed by atoms with van der Waals surface area (Å²) in [5.41, 5.74) is 1.01. The van der Waals surface area contributed by atoms with E-state index >= 15 is 0 Å². The van der Waals surface area contributed by atoms with E-state index in [1.807, 2.05) is 0 Å². The molecule has 0 aromatic heterocycles. The van der Waals surface area contributed by atoms with Gasteiger partial charge in [-0.05, 0) is 29.8 Å². The summed E-state index contributed by atoms with van der Waals surface area (Å²) >= 11 is 0. The number of nitrogens with one attached hydrogen (secondary N) is 3. The van der Waals surface area contributed by atoms with Crippen LogP contribution in [-0.2, 0) is 11.3 Å².